The highest BCUT2D eigenvalue weighted by Crippen LogP contribution is 2.37. The van der Waals surface area contributed by atoms with Gasteiger partial charge in [0.05, 0.1) is 0 Å². The zero-order valence-corrected chi connectivity index (χ0v) is 18.9. The molecule has 2 aliphatic rings. The molecule has 1 atom stereocenters. The third-order valence-electron chi connectivity index (χ3n) is 5.67. The normalized spacial score (nSPS) is 17.0. The molecule has 1 aromatic heterocycles. The summed E-state index contributed by atoms with van der Waals surface area (Å²) in [6, 6.07) is 6.37. The second-order valence-corrected chi connectivity index (χ2v) is 8.63. The fraction of sp³-hybridized carbons (Fsp3) is 0.360. The number of aromatic nitrogens is 2. The molecule has 2 amide bonds. The summed E-state index contributed by atoms with van der Waals surface area (Å²) in [5, 5.41) is 3.55. The lowest BCUT2D eigenvalue weighted by Gasteiger charge is -2.31. The lowest BCUT2D eigenvalue weighted by atomic mass is 9.99. The average molecular weight is 451 g/mol. The van der Waals surface area contributed by atoms with E-state index in [4.69, 9.17) is 11.6 Å². The number of allylic oxidation sites excluding steroid dienone is 3. The van der Waals surface area contributed by atoms with Gasteiger partial charge in [-0.2, -0.15) is 0 Å². The number of rotatable bonds is 7. The van der Waals surface area contributed by atoms with Crippen molar-refractivity contribution in [1.82, 2.24) is 20.2 Å². The van der Waals surface area contributed by atoms with Crippen LogP contribution in [-0.2, 0) is 9.59 Å². The number of carbonyl (C=O) groups is 2. The van der Waals surface area contributed by atoms with E-state index in [1.54, 1.807) is 48.5 Å². The molecule has 0 spiro atoms. The number of nitrogens with zero attached hydrogens (tertiary/aromatic N) is 3. The van der Waals surface area contributed by atoms with Gasteiger partial charge in [-0.05, 0) is 81.4 Å². The Hall–Kier alpha value is -2.99. The lowest BCUT2D eigenvalue weighted by molar-refractivity contribution is -0.137. The first kappa shape index (κ1) is 22.2. The summed E-state index contributed by atoms with van der Waals surface area (Å²) >= 11 is 6.47. The van der Waals surface area contributed by atoms with Crippen LogP contribution in [-0.4, -0.2) is 32.7 Å². The Bertz CT molecular complexity index is 1050. The van der Waals surface area contributed by atoms with Crippen molar-refractivity contribution in [3.05, 3.63) is 71.2 Å². The predicted octanol–water partition coefficient (Wildman–Crippen LogP) is 4.98. The van der Waals surface area contributed by atoms with Gasteiger partial charge < -0.3 is 10.2 Å². The first-order chi connectivity index (χ1) is 15.6. The number of carbonyl (C=O) groups excluding carboxylic acids is 2. The van der Waals surface area contributed by atoms with Gasteiger partial charge in [0.15, 0.2) is 5.82 Å². The van der Waals surface area contributed by atoms with Crippen LogP contribution in [0.25, 0.3) is 11.4 Å². The zero-order valence-electron chi connectivity index (χ0n) is 18.1. The minimum absolute atomic E-state index is 0.0326. The summed E-state index contributed by atoms with van der Waals surface area (Å²) in [4.78, 5) is 37.0. The molecule has 1 unspecified atom stereocenters. The van der Waals surface area contributed by atoms with E-state index in [1.807, 2.05) is 6.07 Å². The maximum absolute atomic E-state index is 13.6. The number of nitrogens with one attached hydrogen (secondary N) is 1. The average Bonchev–Trinajstić information content (AvgIpc) is 3.63. The lowest BCUT2D eigenvalue weighted by Crippen LogP contribution is -2.44. The highest BCUT2D eigenvalue weighted by Gasteiger charge is 2.41. The highest BCUT2D eigenvalue weighted by molar-refractivity contribution is 6.31. The van der Waals surface area contributed by atoms with Crippen molar-refractivity contribution < 1.29 is 9.59 Å². The first-order valence-corrected chi connectivity index (χ1v) is 11.5. The van der Waals surface area contributed by atoms with E-state index in [0.717, 1.165) is 44.2 Å². The summed E-state index contributed by atoms with van der Waals surface area (Å²) < 4.78 is 0. The third kappa shape index (κ3) is 5.25. The molecule has 32 heavy (non-hydrogen) atoms. The predicted molar refractivity (Wildman–Crippen MR) is 125 cm³/mol. The van der Waals surface area contributed by atoms with Crippen molar-refractivity contribution in [1.29, 1.82) is 0 Å². The van der Waals surface area contributed by atoms with Crippen LogP contribution in [0.1, 0.15) is 57.1 Å². The Balaban J connectivity index is 1.76. The van der Waals surface area contributed by atoms with Gasteiger partial charge >= 0.3 is 0 Å². The Kier molecular flexibility index (Phi) is 7.00. The highest BCUT2D eigenvalue weighted by atomic mass is 35.5. The molecule has 1 saturated carbocycles. The molecule has 1 heterocycles. The summed E-state index contributed by atoms with van der Waals surface area (Å²) in [7, 11) is 0. The minimum atomic E-state index is -0.796. The van der Waals surface area contributed by atoms with Crippen molar-refractivity contribution in [2.75, 3.05) is 0 Å². The monoisotopic (exact) mass is 450 g/mol. The van der Waals surface area contributed by atoms with Gasteiger partial charge in [-0.15, -0.1) is 0 Å². The molecule has 0 saturated heterocycles. The second-order valence-electron chi connectivity index (χ2n) is 8.19. The minimum Gasteiger partial charge on any atom is -0.328 e. The number of amides is 2. The molecule has 0 radical (unpaired) electrons. The molecule has 1 aromatic carbocycles. The van der Waals surface area contributed by atoms with E-state index in [2.05, 4.69) is 21.4 Å². The summed E-state index contributed by atoms with van der Waals surface area (Å²) in [6.45, 7) is 1.80. The SMILES string of the molecule is C/C=C\C(=O)N(C1CC1)C(C(=O)NC1=CCCCC1)c1cc(Cl)cc(-c2ncccn2)c1. The topological polar surface area (TPSA) is 75.2 Å². The Morgan fingerprint density at radius 1 is 1.19 bits per heavy atom. The van der Waals surface area contributed by atoms with Gasteiger partial charge in [0.2, 0.25) is 5.91 Å². The van der Waals surface area contributed by atoms with Gasteiger partial charge in [-0.1, -0.05) is 23.8 Å². The van der Waals surface area contributed by atoms with Gasteiger partial charge in [-0.25, -0.2) is 9.97 Å². The standard InChI is InChI=1S/C25H27ClN4O2/c1-2-7-22(31)30(21-10-11-21)23(25(32)29-20-8-4-3-5-9-20)17-14-18(16-19(26)15-17)24-27-12-6-13-28-24/h2,6-8,12-16,21,23H,3-5,9-11H2,1H3,(H,29,32)/b7-2-. The fourth-order valence-corrected chi connectivity index (χ4v) is 4.31. The maximum Gasteiger partial charge on any atom is 0.251 e. The molecule has 2 aromatic rings. The molecule has 7 heteroatoms. The van der Waals surface area contributed by atoms with Gasteiger partial charge in [0.1, 0.15) is 6.04 Å². The molecule has 6 nitrogen and oxygen atoms in total. The van der Waals surface area contributed by atoms with E-state index in [-0.39, 0.29) is 17.9 Å². The smallest absolute Gasteiger partial charge is 0.251 e. The van der Waals surface area contributed by atoms with Crippen LogP contribution < -0.4 is 5.32 Å². The van der Waals surface area contributed by atoms with Gasteiger partial charge in [0, 0.05) is 34.7 Å². The quantitative estimate of drug-likeness (QED) is 0.603. The van der Waals surface area contributed by atoms with E-state index >= 15 is 0 Å². The first-order valence-electron chi connectivity index (χ1n) is 11.1. The van der Waals surface area contributed by atoms with Crippen LogP contribution in [0.3, 0.4) is 0 Å². The molecule has 2 aliphatic carbocycles. The molecular weight excluding hydrogens is 424 g/mol. The largest absolute Gasteiger partial charge is 0.328 e. The number of hydrogen-bond donors (Lipinski definition) is 1. The third-order valence-corrected chi connectivity index (χ3v) is 5.88. The second kappa shape index (κ2) is 10.1. The van der Waals surface area contributed by atoms with Gasteiger partial charge in [-0.3, -0.25) is 9.59 Å². The van der Waals surface area contributed by atoms with Crippen molar-refractivity contribution in [2.45, 2.75) is 57.5 Å². The van der Waals surface area contributed by atoms with Crippen LogP contribution in [0.2, 0.25) is 5.02 Å². The summed E-state index contributed by atoms with van der Waals surface area (Å²) in [6.07, 6.45) is 14.4. The van der Waals surface area contributed by atoms with Crippen LogP contribution in [0.4, 0.5) is 0 Å². The van der Waals surface area contributed by atoms with Crippen LogP contribution >= 0.6 is 11.6 Å². The van der Waals surface area contributed by atoms with Crippen LogP contribution in [0, 0.1) is 0 Å². The summed E-state index contributed by atoms with van der Waals surface area (Å²) in [5.41, 5.74) is 2.28. The Morgan fingerprint density at radius 3 is 2.62 bits per heavy atom. The maximum atomic E-state index is 13.6. The molecule has 1 N–H and O–H groups in total. The zero-order chi connectivity index (χ0) is 22.5. The number of halogens is 1. The fourth-order valence-electron chi connectivity index (χ4n) is 4.06. The number of hydrogen-bond acceptors (Lipinski definition) is 4. The van der Waals surface area contributed by atoms with Crippen molar-refractivity contribution in [2.24, 2.45) is 0 Å². The molecule has 1 fully saturated rings. The molecule has 0 bridgehead atoms. The molecule has 166 valence electrons. The number of benzene rings is 1. The molecular formula is C25H27ClN4O2. The van der Waals surface area contributed by atoms with Crippen molar-refractivity contribution >= 4 is 23.4 Å². The van der Waals surface area contributed by atoms with E-state index in [0.29, 0.717) is 22.0 Å². The summed E-state index contributed by atoms with van der Waals surface area (Å²) in [5.74, 6) is 0.124. The Labute approximate surface area is 193 Å². The Morgan fingerprint density at radius 2 is 1.97 bits per heavy atom. The van der Waals surface area contributed by atoms with Crippen LogP contribution in [0.15, 0.2) is 60.6 Å². The van der Waals surface area contributed by atoms with Crippen LogP contribution in [0.5, 0.6) is 0 Å². The van der Waals surface area contributed by atoms with Gasteiger partial charge in [0.25, 0.3) is 5.91 Å². The van der Waals surface area contributed by atoms with E-state index < -0.39 is 6.04 Å². The van der Waals surface area contributed by atoms with E-state index in [9.17, 15) is 9.59 Å². The van der Waals surface area contributed by atoms with E-state index in [1.165, 1.54) is 6.08 Å². The molecule has 4 rings (SSSR count). The van der Waals surface area contributed by atoms with Crippen molar-refractivity contribution in [3.63, 3.8) is 0 Å². The molecule has 0 aliphatic heterocycles. The van der Waals surface area contributed by atoms with Crippen molar-refractivity contribution in [3.8, 4) is 11.4 Å².